The molecule has 0 N–H and O–H groups in total. The number of halogens is 2. The zero-order valence-electron chi connectivity index (χ0n) is 11.2. The Morgan fingerprint density at radius 2 is 2.25 bits per heavy atom. The van der Waals surface area contributed by atoms with Crippen LogP contribution in [-0.4, -0.2) is 31.5 Å². The van der Waals surface area contributed by atoms with E-state index >= 15 is 0 Å². The van der Waals surface area contributed by atoms with Gasteiger partial charge in [-0.2, -0.15) is 0 Å². The first-order chi connectivity index (χ1) is 9.71. The van der Waals surface area contributed by atoms with Crippen LogP contribution < -0.4 is 4.74 Å². The van der Waals surface area contributed by atoms with Gasteiger partial charge in [0.05, 0.1) is 23.3 Å². The van der Waals surface area contributed by atoms with Crippen molar-refractivity contribution in [3.63, 3.8) is 0 Å². The lowest BCUT2D eigenvalue weighted by Gasteiger charge is -2.37. The van der Waals surface area contributed by atoms with Crippen molar-refractivity contribution in [2.24, 2.45) is 0 Å². The molecule has 2 aliphatic rings. The van der Waals surface area contributed by atoms with Gasteiger partial charge in [-0.15, -0.1) is 0 Å². The first kappa shape index (κ1) is 14.8. The maximum atomic E-state index is 6.17. The standard InChI is InChI=1S/C15H18Br2O3/c16-9-11-1-2-14(13(17)7-11)20-12-3-5-19-15(8-12)4-6-18-10-15/h1-2,7,12H,3-6,8-10H2. The van der Waals surface area contributed by atoms with E-state index in [0.29, 0.717) is 6.61 Å². The highest BCUT2D eigenvalue weighted by molar-refractivity contribution is 9.10. The molecule has 2 aliphatic heterocycles. The van der Waals surface area contributed by atoms with Gasteiger partial charge in [0, 0.05) is 31.2 Å². The summed E-state index contributed by atoms with van der Waals surface area (Å²) in [6, 6.07) is 6.22. The van der Waals surface area contributed by atoms with Gasteiger partial charge in [0.1, 0.15) is 11.9 Å². The van der Waals surface area contributed by atoms with E-state index in [9.17, 15) is 0 Å². The van der Waals surface area contributed by atoms with Gasteiger partial charge in [-0.1, -0.05) is 22.0 Å². The van der Waals surface area contributed by atoms with Crippen LogP contribution in [0.2, 0.25) is 0 Å². The minimum atomic E-state index is -0.106. The molecule has 0 aromatic heterocycles. The largest absolute Gasteiger partial charge is 0.489 e. The summed E-state index contributed by atoms with van der Waals surface area (Å²) in [7, 11) is 0. The maximum absolute atomic E-state index is 6.17. The molecule has 1 aromatic carbocycles. The second-order valence-corrected chi connectivity index (χ2v) is 6.88. The molecule has 110 valence electrons. The maximum Gasteiger partial charge on any atom is 0.133 e. The Morgan fingerprint density at radius 3 is 2.95 bits per heavy atom. The summed E-state index contributed by atoms with van der Waals surface area (Å²) in [6.07, 6.45) is 3.04. The number of hydrogen-bond donors (Lipinski definition) is 0. The van der Waals surface area contributed by atoms with Crippen molar-refractivity contribution in [3.8, 4) is 5.75 Å². The molecule has 1 aromatic rings. The van der Waals surface area contributed by atoms with Gasteiger partial charge >= 0.3 is 0 Å². The lowest BCUT2D eigenvalue weighted by atomic mass is 9.91. The third-order valence-electron chi connectivity index (χ3n) is 3.96. The molecule has 2 saturated heterocycles. The van der Waals surface area contributed by atoms with Crippen LogP contribution in [0.15, 0.2) is 22.7 Å². The Morgan fingerprint density at radius 1 is 1.35 bits per heavy atom. The van der Waals surface area contributed by atoms with Crippen molar-refractivity contribution < 1.29 is 14.2 Å². The third-order valence-corrected chi connectivity index (χ3v) is 5.23. The highest BCUT2D eigenvalue weighted by Gasteiger charge is 2.41. The Balaban J connectivity index is 1.68. The molecule has 2 atom stereocenters. The second-order valence-electron chi connectivity index (χ2n) is 5.47. The summed E-state index contributed by atoms with van der Waals surface area (Å²) >= 11 is 7.05. The zero-order valence-corrected chi connectivity index (χ0v) is 14.4. The van der Waals surface area contributed by atoms with Gasteiger partial charge in [0.15, 0.2) is 0 Å². The summed E-state index contributed by atoms with van der Waals surface area (Å²) in [5.74, 6) is 0.913. The van der Waals surface area contributed by atoms with Gasteiger partial charge in [-0.05, 0) is 33.6 Å². The smallest absolute Gasteiger partial charge is 0.133 e. The number of hydrogen-bond acceptors (Lipinski definition) is 3. The van der Waals surface area contributed by atoms with Crippen LogP contribution in [0, 0.1) is 0 Å². The first-order valence-corrected chi connectivity index (χ1v) is 8.85. The van der Waals surface area contributed by atoms with Gasteiger partial charge in [-0.3, -0.25) is 0 Å². The van der Waals surface area contributed by atoms with E-state index < -0.39 is 0 Å². The molecule has 20 heavy (non-hydrogen) atoms. The topological polar surface area (TPSA) is 27.7 Å². The van der Waals surface area contributed by atoms with E-state index in [1.807, 2.05) is 6.07 Å². The van der Waals surface area contributed by atoms with Crippen LogP contribution in [0.25, 0.3) is 0 Å². The molecule has 3 rings (SSSR count). The fourth-order valence-corrected chi connectivity index (χ4v) is 3.72. The van der Waals surface area contributed by atoms with E-state index in [0.717, 1.165) is 48.0 Å². The lowest BCUT2D eigenvalue weighted by Crippen LogP contribution is -2.44. The van der Waals surface area contributed by atoms with Crippen LogP contribution in [0.5, 0.6) is 5.75 Å². The summed E-state index contributed by atoms with van der Waals surface area (Å²) in [5, 5.41) is 0.851. The summed E-state index contributed by atoms with van der Waals surface area (Å²) < 4.78 is 18.6. The molecule has 0 saturated carbocycles. The fourth-order valence-electron chi connectivity index (χ4n) is 2.85. The number of alkyl halides is 1. The van der Waals surface area contributed by atoms with E-state index in [4.69, 9.17) is 14.2 Å². The Labute approximate surface area is 136 Å². The summed E-state index contributed by atoms with van der Waals surface area (Å²) in [4.78, 5) is 0. The molecule has 5 heteroatoms. The SMILES string of the molecule is BrCc1ccc(OC2CCOC3(CCOC3)C2)c(Br)c1. The van der Waals surface area contributed by atoms with Gasteiger partial charge in [0.25, 0.3) is 0 Å². The quantitative estimate of drug-likeness (QED) is 0.709. The van der Waals surface area contributed by atoms with Crippen molar-refractivity contribution in [2.45, 2.75) is 36.3 Å². The van der Waals surface area contributed by atoms with Crippen molar-refractivity contribution >= 4 is 31.9 Å². The van der Waals surface area contributed by atoms with Crippen LogP contribution in [-0.2, 0) is 14.8 Å². The zero-order chi connectivity index (χ0) is 14.0. The van der Waals surface area contributed by atoms with Crippen molar-refractivity contribution in [1.82, 2.24) is 0 Å². The molecule has 2 fully saturated rings. The van der Waals surface area contributed by atoms with Crippen molar-refractivity contribution in [2.75, 3.05) is 19.8 Å². The number of ether oxygens (including phenoxy) is 3. The van der Waals surface area contributed by atoms with E-state index in [-0.39, 0.29) is 11.7 Å². The monoisotopic (exact) mass is 404 g/mol. The van der Waals surface area contributed by atoms with Crippen LogP contribution in [0.4, 0.5) is 0 Å². The van der Waals surface area contributed by atoms with Crippen LogP contribution in [0.3, 0.4) is 0 Å². The van der Waals surface area contributed by atoms with Gasteiger partial charge in [-0.25, -0.2) is 0 Å². The Bertz CT molecular complexity index is 472. The second kappa shape index (κ2) is 6.34. The molecular weight excluding hydrogens is 388 g/mol. The first-order valence-electron chi connectivity index (χ1n) is 6.93. The molecule has 1 spiro atoms. The van der Waals surface area contributed by atoms with Crippen LogP contribution in [0.1, 0.15) is 24.8 Å². The molecule has 0 amide bonds. The molecule has 0 bridgehead atoms. The Kier molecular flexibility index (Phi) is 4.70. The Hall–Kier alpha value is -0.100. The average Bonchev–Trinajstić information content (AvgIpc) is 2.89. The molecule has 0 radical (unpaired) electrons. The van der Waals surface area contributed by atoms with Gasteiger partial charge in [0.2, 0.25) is 0 Å². The minimum Gasteiger partial charge on any atom is -0.489 e. The number of rotatable bonds is 3. The predicted molar refractivity (Wildman–Crippen MR) is 84.5 cm³/mol. The summed E-state index contributed by atoms with van der Waals surface area (Å²) in [6.45, 7) is 2.26. The molecule has 2 heterocycles. The van der Waals surface area contributed by atoms with E-state index in [2.05, 4.69) is 44.0 Å². The van der Waals surface area contributed by atoms with E-state index in [1.165, 1.54) is 5.56 Å². The third kappa shape index (κ3) is 3.21. The normalized spacial score (nSPS) is 29.8. The van der Waals surface area contributed by atoms with Gasteiger partial charge < -0.3 is 14.2 Å². The van der Waals surface area contributed by atoms with Crippen molar-refractivity contribution in [3.05, 3.63) is 28.2 Å². The predicted octanol–water partition coefficient (Wildman–Crippen LogP) is 4.06. The van der Waals surface area contributed by atoms with Crippen LogP contribution >= 0.6 is 31.9 Å². The molecule has 2 unspecified atom stereocenters. The summed E-state index contributed by atoms with van der Waals surface area (Å²) in [5.41, 5.74) is 1.13. The molecule has 0 aliphatic carbocycles. The highest BCUT2D eigenvalue weighted by atomic mass is 79.9. The highest BCUT2D eigenvalue weighted by Crippen LogP contribution is 2.36. The molecular formula is C15H18Br2O3. The van der Waals surface area contributed by atoms with Crippen molar-refractivity contribution in [1.29, 1.82) is 0 Å². The lowest BCUT2D eigenvalue weighted by molar-refractivity contribution is -0.112. The molecule has 3 nitrogen and oxygen atoms in total. The number of benzene rings is 1. The fraction of sp³-hybridized carbons (Fsp3) is 0.600. The van der Waals surface area contributed by atoms with E-state index in [1.54, 1.807) is 0 Å². The minimum absolute atomic E-state index is 0.106. The average molecular weight is 406 g/mol.